The van der Waals surface area contributed by atoms with E-state index in [2.05, 4.69) is 101 Å². The van der Waals surface area contributed by atoms with Gasteiger partial charge >= 0.3 is 0 Å². The summed E-state index contributed by atoms with van der Waals surface area (Å²) < 4.78 is 0. The van der Waals surface area contributed by atoms with E-state index in [4.69, 9.17) is 17.2 Å². The highest BCUT2D eigenvalue weighted by atomic mass is 16.3. The Morgan fingerprint density at radius 1 is 0.388 bits per heavy atom. The molecule has 1 aromatic carbocycles. The van der Waals surface area contributed by atoms with E-state index in [-0.39, 0.29) is 63.3 Å². The van der Waals surface area contributed by atoms with Crippen molar-refractivity contribution in [3.05, 3.63) is 35.9 Å². The van der Waals surface area contributed by atoms with Crippen molar-refractivity contribution < 1.29 is 115 Å². The van der Waals surface area contributed by atoms with Crippen molar-refractivity contribution >= 4 is 136 Å². The fraction of sp³-hybridized carbons (Fsp3) is 0.685. The van der Waals surface area contributed by atoms with Gasteiger partial charge in [-0.15, -0.1) is 0 Å². The Bertz CT molecular complexity index is 4640. The second kappa shape index (κ2) is 52.7. The van der Waals surface area contributed by atoms with Crippen molar-refractivity contribution in [2.75, 3.05) is 19.7 Å². The number of nitrogens with one attached hydrogen (secondary N) is 19. The van der Waals surface area contributed by atoms with Crippen molar-refractivity contribution in [1.29, 1.82) is 0 Å². The van der Waals surface area contributed by atoms with E-state index in [0.717, 1.165) is 5.56 Å². The number of rotatable bonds is 56. The molecule has 1 fully saturated rings. The molecule has 0 aliphatic carbocycles. The standard InChI is InChI=1S/C92H153N23O24/c1-27-92(26,83(138)104-57(36-39-63(94)119)71(126)102-56(35-38-62(93)118)70(125)100-55(46-116)44-54-32-29-28-30-33-54)114-82(137)90(22,23)112-76(131)66(49(6)7)106-75(130)61-34-31-41-115(61)84(139)91(24,25)111-73(128)59(42-47(2)3)101-65(121)45-96-77(132)85(12,13)110-74(129)60(43-48(4)5)105-79(134)87(16,17)109-72(127)58(37-40-64(95)120)103-80(135)88(18,19)113-81(136)89(20,21)108-69(124)52(10)98-67(122)50(8)97-68(123)51(9)99-78(133)86(14,15)107-53(11)117/h28-30,32-33,47-52,55-61,66,116H,27,31,34-46H2,1-26H3,(H2,93,118)(H2,94,119)(H2,95,120)(H,96,132)(H,97,123)(H,98,122)(H,99,133)(H,100,125)(H,101,121)(H,102,126)(H,103,135)(H,104,138)(H,105,134)(H,106,130)(H,107,117)(H,108,124)(H,109,127)(H,110,129)(H,111,128)(H,112,131)(H,113,136)(H,114,137)/t50-,51-,52-,55?,56-,57-,58-,59-,60-,61-,66-,92-/m0/s1. The van der Waals surface area contributed by atoms with Gasteiger partial charge in [0.1, 0.15) is 105 Å². The molecule has 1 aromatic rings. The molecule has 139 heavy (non-hydrogen) atoms. The third kappa shape index (κ3) is 39.8. The molecule has 1 aliphatic heterocycles. The van der Waals surface area contributed by atoms with Crippen LogP contribution in [-0.2, 0) is 117 Å². The van der Waals surface area contributed by atoms with Gasteiger partial charge in [0.05, 0.1) is 19.2 Å². The second-order valence-electron chi connectivity index (χ2n) is 40.4. The van der Waals surface area contributed by atoms with Gasteiger partial charge in [-0.3, -0.25) is 110 Å². The largest absolute Gasteiger partial charge is 0.394 e. The summed E-state index contributed by atoms with van der Waals surface area (Å²) in [6, 6.07) is -5.60. The molecule has 0 aromatic heterocycles. The Morgan fingerprint density at radius 3 is 1.22 bits per heavy atom. The van der Waals surface area contributed by atoms with E-state index in [1.165, 1.54) is 143 Å². The molecule has 780 valence electrons. The maximum Gasteiger partial charge on any atom is 0.248 e. The third-order valence-electron chi connectivity index (χ3n) is 22.8. The van der Waals surface area contributed by atoms with Crippen LogP contribution >= 0.6 is 0 Å². The van der Waals surface area contributed by atoms with Crippen LogP contribution in [0.25, 0.3) is 0 Å². The summed E-state index contributed by atoms with van der Waals surface area (Å²) >= 11 is 0. The van der Waals surface area contributed by atoms with Crippen molar-refractivity contribution in [3.63, 3.8) is 0 Å². The number of carbonyl (C=O) groups excluding carboxylic acids is 23. The van der Waals surface area contributed by atoms with Crippen molar-refractivity contribution in [1.82, 2.24) is 106 Å². The molecule has 1 heterocycles. The fourth-order valence-corrected chi connectivity index (χ4v) is 14.0. The molecule has 47 nitrogen and oxygen atoms in total. The van der Waals surface area contributed by atoms with Gasteiger partial charge < -0.3 is 128 Å². The first-order valence-electron chi connectivity index (χ1n) is 46.4. The van der Waals surface area contributed by atoms with Gasteiger partial charge in [-0.1, -0.05) is 78.8 Å². The number of primary amides is 3. The van der Waals surface area contributed by atoms with E-state index in [1.54, 1.807) is 71.9 Å². The van der Waals surface area contributed by atoms with E-state index in [0.29, 0.717) is 6.42 Å². The van der Waals surface area contributed by atoms with E-state index in [9.17, 15) is 115 Å². The van der Waals surface area contributed by atoms with Gasteiger partial charge in [0.2, 0.25) is 136 Å². The summed E-state index contributed by atoms with van der Waals surface area (Å²) in [6.45, 7) is 35.4. The predicted molar refractivity (Wildman–Crippen MR) is 508 cm³/mol. The molecule has 26 N–H and O–H groups in total. The zero-order valence-corrected chi connectivity index (χ0v) is 85.1. The topological polar surface area (TPSA) is 723 Å². The first-order chi connectivity index (χ1) is 63.7. The van der Waals surface area contributed by atoms with Crippen LogP contribution in [0.15, 0.2) is 30.3 Å². The maximum atomic E-state index is 14.6. The number of hydrogen-bond acceptors (Lipinski definition) is 24. The average Bonchev–Trinajstić information content (AvgIpc) is 1.68. The lowest BCUT2D eigenvalue weighted by Crippen LogP contribution is -2.67. The van der Waals surface area contributed by atoms with Crippen LogP contribution < -0.4 is 118 Å². The number of benzene rings is 1. The minimum Gasteiger partial charge on any atom is -0.394 e. The molecule has 0 spiro atoms. The highest BCUT2D eigenvalue weighted by molar-refractivity contribution is 6.05. The van der Waals surface area contributed by atoms with Gasteiger partial charge in [-0.05, 0) is 206 Å². The number of nitrogens with zero attached hydrogens (tertiary/aromatic N) is 1. The van der Waals surface area contributed by atoms with Crippen LogP contribution in [0, 0.1) is 17.8 Å². The van der Waals surface area contributed by atoms with Gasteiger partial charge in [0.25, 0.3) is 0 Å². The molecule has 0 radical (unpaired) electrons. The summed E-state index contributed by atoms with van der Waals surface area (Å²) in [5.74, 6) is -20.9. The average molecular weight is 1970 g/mol. The van der Waals surface area contributed by atoms with Crippen molar-refractivity contribution in [3.8, 4) is 0 Å². The SMILES string of the molecule is CC[C@](C)(NC(=O)C(C)(C)NC(=O)[C@@H](NC(=O)[C@@H]1CCCN1C(=O)C(C)(C)NC(=O)[C@H](CC(C)C)NC(=O)CNC(=O)C(C)(C)NC(=O)[C@H](CC(C)C)NC(=O)C(C)(C)NC(=O)[C@H](CCC(N)=O)NC(=O)C(C)(C)NC(=O)C(C)(C)NC(=O)[C@H](C)NC(=O)[C@H](C)NC(=O)[C@H](C)NC(=O)C(C)(C)NC(C)=O)C(C)C)C(=O)N[C@@H](CCC(N)=O)C(=O)N[C@@H](CCC(N)=O)C(=O)NC(CO)Cc1ccccc1. The molecule has 12 atom stereocenters. The highest BCUT2D eigenvalue weighted by Crippen LogP contribution is 2.25. The van der Waals surface area contributed by atoms with E-state index >= 15 is 0 Å². The lowest BCUT2D eigenvalue weighted by Gasteiger charge is -2.36. The van der Waals surface area contributed by atoms with E-state index in [1.807, 2.05) is 0 Å². The molecular weight excluding hydrogens is 1810 g/mol. The monoisotopic (exact) mass is 1960 g/mol. The number of carbonyl (C=O) groups is 23. The van der Waals surface area contributed by atoms with Crippen molar-refractivity contribution in [2.24, 2.45) is 35.0 Å². The smallest absolute Gasteiger partial charge is 0.248 e. The Kier molecular flexibility index (Phi) is 46.3. The lowest BCUT2D eigenvalue weighted by atomic mass is 9.93. The van der Waals surface area contributed by atoms with Crippen LogP contribution in [0.2, 0.25) is 0 Å². The Morgan fingerprint density at radius 2 is 0.763 bits per heavy atom. The number of aliphatic hydroxyl groups excluding tert-OH is 1. The summed E-state index contributed by atoms with van der Waals surface area (Å²) in [5, 5.41) is 58.4. The third-order valence-corrected chi connectivity index (χ3v) is 22.8. The van der Waals surface area contributed by atoms with Crippen LogP contribution in [0.3, 0.4) is 0 Å². The van der Waals surface area contributed by atoms with Gasteiger partial charge in [0, 0.05) is 32.7 Å². The second-order valence-corrected chi connectivity index (χ2v) is 40.4. The molecule has 0 saturated carbocycles. The number of nitrogens with two attached hydrogens (primary N) is 3. The van der Waals surface area contributed by atoms with Crippen LogP contribution in [0.1, 0.15) is 256 Å². The summed E-state index contributed by atoms with van der Waals surface area (Å²) in [4.78, 5) is 313. The molecule has 2 rings (SSSR count). The molecule has 1 unspecified atom stereocenters. The zero-order valence-electron chi connectivity index (χ0n) is 85.1. The predicted octanol–water partition coefficient (Wildman–Crippen LogP) is -4.65. The Labute approximate surface area is 812 Å². The summed E-state index contributed by atoms with van der Waals surface area (Å²) in [6.07, 6.45) is -1.96. The van der Waals surface area contributed by atoms with Crippen LogP contribution in [0.4, 0.5) is 0 Å². The number of hydrogen-bond donors (Lipinski definition) is 23. The Hall–Kier alpha value is -13.0. The summed E-state index contributed by atoms with van der Waals surface area (Å²) in [7, 11) is 0. The normalized spacial score (nSPS) is 15.6. The molecule has 23 amide bonds. The summed E-state index contributed by atoms with van der Waals surface area (Å²) in [5.41, 5.74) is 2.79. The highest BCUT2D eigenvalue weighted by Gasteiger charge is 2.48. The first kappa shape index (κ1) is 122. The lowest BCUT2D eigenvalue weighted by molar-refractivity contribution is -0.146. The first-order valence-corrected chi connectivity index (χ1v) is 46.4. The molecular formula is C92H153N23O24. The number of likely N-dealkylation sites (tertiary alicyclic amines) is 1. The molecule has 1 aliphatic rings. The fourth-order valence-electron chi connectivity index (χ4n) is 14.0. The van der Waals surface area contributed by atoms with Crippen molar-refractivity contribution in [2.45, 2.75) is 368 Å². The Balaban J connectivity index is 2.21. The quantitative estimate of drug-likeness (QED) is 0.0292. The van der Waals surface area contributed by atoms with Crippen LogP contribution in [0.5, 0.6) is 0 Å². The maximum absolute atomic E-state index is 14.6. The molecule has 0 bridgehead atoms. The van der Waals surface area contributed by atoms with Gasteiger partial charge in [-0.25, -0.2) is 0 Å². The van der Waals surface area contributed by atoms with Gasteiger partial charge in [-0.2, -0.15) is 0 Å². The minimum atomic E-state index is -1.92. The van der Waals surface area contributed by atoms with Crippen LogP contribution in [-0.4, -0.2) is 276 Å². The number of amides is 23. The molecule has 1 saturated heterocycles. The van der Waals surface area contributed by atoms with Gasteiger partial charge in [0.15, 0.2) is 0 Å². The number of aliphatic hydroxyl groups is 1. The molecule has 47 heteroatoms. The minimum absolute atomic E-state index is 0.00659. The zero-order chi connectivity index (χ0) is 107. The van der Waals surface area contributed by atoms with E-state index < -0.39 is 291 Å².